The van der Waals surface area contributed by atoms with Gasteiger partial charge in [0.15, 0.2) is 5.13 Å². The molecule has 0 N–H and O–H groups in total. The third kappa shape index (κ3) is 3.17. The fraction of sp³-hybridized carbons (Fsp3) is 0.538. The van der Waals surface area contributed by atoms with Gasteiger partial charge in [-0.25, -0.2) is 4.98 Å². The molecule has 1 aliphatic heterocycles. The van der Waals surface area contributed by atoms with Gasteiger partial charge in [0.05, 0.1) is 17.2 Å². The monoisotopic (exact) mass is 340 g/mol. The molecule has 0 aliphatic carbocycles. The van der Waals surface area contributed by atoms with Crippen LogP contribution in [0.3, 0.4) is 0 Å². The molecule has 0 aromatic carbocycles. The van der Waals surface area contributed by atoms with Gasteiger partial charge in [0.2, 0.25) is 0 Å². The van der Waals surface area contributed by atoms with Crippen molar-refractivity contribution >= 4 is 32.4 Å². The van der Waals surface area contributed by atoms with Crippen LogP contribution in [0.2, 0.25) is 0 Å². The first-order valence-corrected chi connectivity index (χ1v) is 8.19. The second-order valence-electron chi connectivity index (χ2n) is 5.13. The maximum Gasteiger partial charge on any atom is 0.185 e. The smallest absolute Gasteiger partial charge is 0.185 e. The second-order valence-corrected chi connectivity index (χ2v) is 7.14. The Hall–Kier alpha value is -0.880. The van der Waals surface area contributed by atoms with Gasteiger partial charge in [-0.05, 0) is 34.7 Å². The summed E-state index contributed by atoms with van der Waals surface area (Å²) < 4.78 is 2.95. The number of piperidine rings is 1. The van der Waals surface area contributed by atoms with Crippen LogP contribution in [-0.2, 0) is 6.54 Å². The Morgan fingerprint density at radius 2 is 2.16 bits per heavy atom. The van der Waals surface area contributed by atoms with Gasteiger partial charge in [0.1, 0.15) is 0 Å². The van der Waals surface area contributed by atoms with Crippen LogP contribution >= 0.6 is 27.3 Å². The van der Waals surface area contributed by atoms with Crippen LogP contribution in [-0.4, -0.2) is 27.9 Å². The molecule has 1 saturated heterocycles. The van der Waals surface area contributed by atoms with Crippen molar-refractivity contribution in [1.29, 1.82) is 0 Å². The lowest BCUT2D eigenvalue weighted by Crippen LogP contribution is -2.32. The van der Waals surface area contributed by atoms with Gasteiger partial charge < -0.3 is 4.90 Å². The summed E-state index contributed by atoms with van der Waals surface area (Å²) in [4.78, 5) is 8.22. The van der Waals surface area contributed by atoms with E-state index in [0.717, 1.165) is 35.2 Å². The van der Waals surface area contributed by atoms with Crippen LogP contribution in [0.4, 0.5) is 5.13 Å². The minimum Gasteiger partial charge on any atom is -0.348 e. The topological polar surface area (TPSA) is 34.0 Å². The Balaban J connectivity index is 1.66. The van der Waals surface area contributed by atoms with Crippen LogP contribution < -0.4 is 4.90 Å². The maximum absolute atomic E-state index is 4.56. The fourth-order valence-corrected chi connectivity index (χ4v) is 3.58. The molecular weight excluding hydrogens is 324 g/mol. The number of anilines is 1. The quantitative estimate of drug-likeness (QED) is 0.858. The zero-order valence-electron chi connectivity index (χ0n) is 10.9. The number of hydrogen-bond donors (Lipinski definition) is 0. The van der Waals surface area contributed by atoms with Crippen molar-refractivity contribution in [1.82, 2.24) is 14.8 Å². The van der Waals surface area contributed by atoms with Crippen molar-refractivity contribution in [2.45, 2.75) is 26.3 Å². The normalized spacial score (nSPS) is 17.1. The molecule has 0 atom stereocenters. The van der Waals surface area contributed by atoms with Gasteiger partial charge in [0, 0.05) is 30.4 Å². The first-order valence-electron chi connectivity index (χ1n) is 6.58. The van der Waals surface area contributed by atoms with Gasteiger partial charge >= 0.3 is 0 Å². The highest BCUT2D eigenvalue weighted by molar-refractivity contribution is 9.10. The molecule has 102 valence electrons. The fourth-order valence-electron chi connectivity index (χ4n) is 2.30. The Labute approximate surface area is 125 Å². The molecule has 3 heterocycles. The summed E-state index contributed by atoms with van der Waals surface area (Å²) in [6.45, 7) is 5.41. The van der Waals surface area contributed by atoms with Crippen molar-refractivity contribution in [2.24, 2.45) is 5.92 Å². The third-order valence-electron chi connectivity index (χ3n) is 3.52. The van der Waals surface area contributed by atoms with Gasteiger partial charge in [0.25, 0.3) is 0 Å². The van der Waals surface area contributed by atoms with E-state index in [-0.39, 0.29) is 0 Å². The lowest BCUT2D eigenvalue weighted by atomic mass is 10.00. The highest BCUT2D eigenvalue weighted by atomic mass is 79.9. The highest BCUT2D eigenvalue weighted by Gasteiger charge is 2.18. The molecule has 0 saturated carbocycles. The molecule has 4 nitrogen and oxygen atoms in total. The summed E-state index contributed by atoms with van der Waals surface area (Å²) >= 11 is 5.20. The molecule has 2 aromatic heterocycles. The zero-order chi connectivity index (χ0) is 13.2. The van der Waals surface area contributed by atoms with E-state index in [9.17, 15) is 0 Å². The summed E-state index contributed by atoms with van der Waals surface area (Å²) in [7, 11) is 0. The summed E-state index contributed by atoms with van der Waals surface area (Å²) in [5.41, 5.74) is 0. The van der Waals surface area contributed by atoms with Crippen LogP contribution in [0.25, 0.3) is 0 Å². The molecule has 0 radical (unpaired) electrons. The molecule has 0 bridgehead atoms. The van der Waals surface area contributed by atoms with E-state index in [2.05, 4.69) is 37.8 Å². The average molecular weight is 341 g/mol. The molecule has 0 unspecified atom stereocenters. The maximum atomic E-state index is 4.56. The molecule has 3 rings (SSSR count). The number of hydrogen-bond acceptors (Lipinski definition) is 4. The zero-order valence-corrected chi connectivity index (χ0v) is 13.3. The Kier molecular flexibility index (Phi) is 3.88. The number of halogens is 1. The lowest BCUT2D eigenvalue weighted by Gasteiger charge is -2.29. The van der Waals surface area contributed by atoms with Crippen molar-refractivity contribution < 1.29 is 0 Å². The predicted octanol–water partition coefficient (Wildman–Crippen LogP) is 3.39. The summed E-state index contributed by atoms with van der Waals surface area (Å²) in [6.07, 6.45) is 8.34. The molecule has 1 fully saturated rings. The van der Waals surface area contributed by atoms with Crippen LogP contribution in [0.1, 0.15) is 24.6 Å². The number of thiazole rings is 1. The molecule has 6 heteroatoms. The SMILES string of the molecule is CC1CCN(c2ncc(Cn3cc(Br)cn3)s2)CC1. The lowest BCUT2D eigenvalue weighted by molar-refractivity contribution is 0.438. The molecular formula is C13H17BrN4S. The average Bonchev–Trinajstić information content (AvgIpc) is 3.00. The van der Waals surface area contributed by atoms with Crippen LogP contribution in [0.5, 0.6) is 0 Å². The Morgan fingerprint density at radius 1 is 1.37 bits per heavy atom. The van der Waals surface area contributed by atoms with Gasteiger partial charge in [-0.3, -0.25) is 4.68 Å². The first-order chi connectivity index (χ1) is 9.20. The molecule has 0 amide bonds. The van der Waals surface area contributed by atoms with Crippen molar-refractivity contribution in [2.75, 3.05) is 18.0 Å². The second kappa shape index (κ2) is 5.63. The first kappa shape index (κ1) is 13.1. The molecule has 19 heavy (non-hydrogen) atoms. The van der Waals surface area contributed by atoms with E-state index < -0.39 is 0 Å². The van der Waals surface area contributed by atoms with E-state index >= 15 is 0 Å². The van der Waals surface area contributed by atoms with E-state index in [1.807, 2.05) is 23.3 Å². The summed E-state index contributed by atoms with van der Waals surface area (Å²) in [5.74, 6) is 0.858. The highest BCUT2D eigenvalue weighted by Crippen LogP contribution is 2.27. The molecule has 2 aromatic rings. The number of rotatable bonds is 3. The van der Waals surface area contributed by atoms with E-state index in [4.69, 9.17) is 0 Å². The van der Waals surface area contributed by atoms with Crippen molar-refractivity contribution in [3.63, 3.8) is 0 Å². The largest absolute Gasteiger partial charge is 0.348 e. The summed E-state index contributed by atoms with van der Waals surface area (Å²) in [5, 5.41) is 5.44. The Morgan fingerprint density at radius 3 is 2.84 bits per heavy atom. The Bertz CT molecular complexity index is 542. The third-order valence-corrected chi connectivity index (χ3v) is 4.97. The predicted molar refractivity (Wildman–Crippen MR) is 81.8 cm³/mol. The molecule has 0 spiro atoms. The van der Waals surface area contributed by atoms with Gasteiger partial charge in [-0.2, -0.15) is 5.10 Å². The number of aromatic nitrogens is 3. The van der Waals surface area contributed by atoms with Crippen molar-refractivity contribution in [3.05, 3.63) is 27.9 Å². The van der Waals surface area contributed by atoms with E-state index in [1.165, 1.54) is 17.7 Å². The van der Waals surface area contributed by atoms with Crippen molar-refractivity contribution in [3.8, 4) is 0 Å². The number of nitrogens with zero attached hydrogens (tertiary/aromatic N) is 4. The molecule has 1 aliphatic rings. The van der Waals surface area contributed by atoms with E-state index in [0.29, 0.717) is 0 Å². The summed E-state index contributed by atoms with van der Waals surface area (Å²) in [6, 6.07) is 0. The minimum absolute atomic E-state index is 0.799. The van der Waals surface area contributed by atoms with Crippen LogP contribution in [0.15, 0.2) is 23.1 Å². The van der Waals surface area contributed by atoms with Gasteiger partial charge in [-0.1, -0.05) is 18.3 Å². The van der Waals surface area contributed by atoms with E-state index in [1.54, 1.807) is 11.3 Å². The minimum atomic E-state index is 0.799. The standard InChI is InChI=1S/C13H17BrN4S/c1-10-2-4-17(5-3-10)13-15-7-12(19-13)9-18-8-11(14)6-16-18/h6-8,10H,2-5,9H2,1H3. The van der Waals surface area contributed by atoms with Crippen LogP contribution in [0, 0.1) is 5.92 Å². The van der Waals surface area contributed by atoms with Gasteiger partial charge in [-0.15, -0.1) is 0 Å².